The summed E-state index contributed by atoms with van der Waals surface area (Å²) >= 11 is 0. The van der Waals surface area contributed by atoms with Gasteiger partial charge in [-0.15, -0.1) is 0 Å². The molecule has 4 heteroatoms. The second-order valence-electron chi connectivity index (χ2n) is 4.44. The number of anilines is 1. The lowest BCUT2D eigenvalue weighted by Crippen LogP contribution is -2.44. The van der Waals surface area contributed by atoms with Crippen LogP contribution in [0.1, 0.15) is 5.56 Å². The van der Waals surface area contributed by atoms with Crippen molar-refractivity contribution in [3.8, 4) is 0 Å². The highest BCUT2D eigenvalue weighted by molar-refractivity contribution is 5.54. The summed E-state index contributed by atoms with van der Waals surface area (Å²) in [6, 6.07) is 8.52. The number of rotatable bonds is 4. The fourth-order valence-electron chi connectivity index (χ4n) is 2.17. The number of para-hydroxylation sites is 1. The largest absolute Gasteiger partial charge is 0.369 e. The molecule has 1 aromatic rings. The van der Waals surface area contributed by atoms with Gasteiger partial charge in [0, 0.05) is 38.4 Å². The van der Waals surface area contributed by atoms with Gasteiger partial charge < -0.3 is 14.6 Å². The quantitative estimate of drug-likeness (QED) is 0.791. The molecule has 94 valence electrons. The molecule has 1 aromatic carbocycles. The molecule has 1 aliphatic rings. The molecule has 0 amide bonds. The molecule has 0 atom stereocenters. The maximum atomic E-state index is 4.93. The van der Waals surface area contributed by atoms with E-state index in [1.165, 1.54) is 11.3 Å². The van der Waals surface area contributed by atoms with Gasteiger partial charge in [0.05, 0.1) is 7.11 Å². The van der Waals surface area contributed by atoms with E-state index in [4.69, 9.17) is 4.84 Å². The van der Waals surface area contributed by atoms with Gasteiger partial charge in [0.15, 0.2) is 0 Å². The van der Waals surface area contributed by atoms with E-state index >= 15 is 0 Å². The second kappa shape index (κ2) is 6.00. The van der Waals surface area contributed by atoms with Crippen LogP contribution in [-0.4, -0.2) is 45.2 Å². The van der Waals surface area contributed by atoms with Gasteiger partial charge in [-0.05, 0) is 18.7 Å². The highest BCUT2D eigenvalue weighted by Gasteiger charge is 2.16. The maximum Gasteiger partial charge on any atom is 0.0572 e. The van der Waals surface area contributed by atoms with E-state index < -0.39 is 0 Å². The molecule has 1 saturated heterocycles. The van der Waals surface area contributed by atoms with Gasteiger partial charge in [0.1, 0.15) is 0 Å². The molecule has 2 rings (SSSR count). The third-order valence-corrected chi connectivity index (χ3v) is 3.24. The zero-order valence-corrected chi connectivity index (χ0v) is 10.6. The average molecular weight is 235 g/mol. The van der Waals surface area contributed by atoms with Crippen molar-refractivity contribution in [2.75, 3.05) is 45.2 Å². The van der Waals surface area contributed by atoms with E-state index in [0.29, 0.717) is 0 Å². The minimum Gasteiger partial charge on any atom is -0.369 e. The van der Waals surface area contributed by atoms with Crippen LogP contribution in [0.15, 0.2) is 24.3 Å². The molecule has 0 aliphatic carbocycles. The maximum absolute atomic E-state index is 4.93. The molecule has 1 fully saturated rings. The molecule has 1 N–H and O–H groups in total. The Labute approximate surface area is 103 Å². The van der Waals surface area contributed by atoms with Crippen molar-refractivity contribution in [3.63, 3.8) is 0 Å². The number of hydroxylamine groups is 1. The first-order chi connectivity index (χ1) is 8.31. The first-order valence-electron chi connectivity index (χ1n) is 6.08. The summed E-state index contributed by atoms with van der Waals surface area (Å²) < 4.78 is 0. The second-order valence-corrected chi connectivity index (χ2v) is 4.44. The SMILES string of the molecule is CONCc1ccccc1N1CCN(C)CC1. The van der Waals surface area contributed by atoms with Crippen LogP contribution >= 0.6 is 0 Å². The topological polar surface area (TPSA) is 27.7 Å². The van der Waals surface area contributed by atoms with Gasteiger partial charge in [-0.25, -0.2) is 0 Å². The molecule has 4 nitrogen and oxygen atoms in total. The molecule has 0 saturated carbocycles. The van der Waals surface area contributed by atoms with Crippen molar-refractivity contribution in [3.05, 3.63) is 29.8 Å². The first kappa shape index (κ1) is 12.4. The molecular weight excluding hydrogens is 214 g/mol. The van der Waals surface area contributed by atoms with Gasteiger partial charge in [-0.2, -0.15) is 5.48 Å². The number of hydrogen-bond acceptors (Lipinski definition) is 4. The third kappa shape index (κ3) is 3.19. The van der Waals surface area contributed by atoms with Crippen LogP contribution in [0.25, 0.3) is 0 Å². The van der Waals surface area contributed by atoms with E-state index in [9.17, 15) is 0 Å². The molecular formula is C13H21N3O. The number of nitrogens with one attached hydrogen (secondary N) is 1. The molecule has 0 spiro atoms. The Kier molecular flexibility index (Phi) is 4.36. The summed E-state index contributed by atoms with van der Waals surface area (Å²) in [7, 11) is 3.83. The highest BCUT2D eigenvalue weighted by atomic mass is 16.6. The normalized spacial score (nSPS) is 17.4. The van der Waals surface area contributed by atoms with Gasteiger partial charge in [0.25, 0.3) is 0 Å². The van der Waals surface area contributed by atoms with Gasteiger partial charge in [-0.3, -0.25) is 0 Å². The van der Waals surface area contributed by atoms with Gasteiger partial charge in [-0.1, -0.05) is 18.2 Å². The molecule has 0 unspecified atom stereocenters. The molecule has 1 aliphatic heterocycles. The molecule has 0 radical (unpaired) electrons. The monoisotopic (exact) mass is 235 g/mol. The third-order valence-electron chi connectivity index (χ3n) is 3.24. The zero-order valence-electron chi connectivity index (χ0n) is 10.6. The fraction of sp³-hybridized carbons (Fsp3) is 0.538. The van der Waals surface area contributed by atoms with Crippen molar-refractivity contribution >= 4 is 5.69 Å². The number of piperazine rings is 1. The molecule has 1 heterocycles. The molecule has 17 heavy (non-hydrogen) atoms. The Morgan fingerprint density at radius 3 is 2.59 bits per heavy atom. The summed E-state index contributed by atoms with van der Waals surface area (Å²) in [6.45, 7) is 5.21. The van der Waals surface area contributed by atoms with Crippen molar-refractivity contribution < 1.29 is 4.84 Å². The van der Waals surface area contributed by atoms with Gasteiger partial charge >= 0.3 is 0 Å². The average Bonchev–Trinajstić information content (AvgIpc) is 2.38. The number of likely N-dealkylation sites (N-methyl/N-ethyl adjacent to an activating group) is 1. The Bertz CT molecular complexity index is 348. The standard InChI is InChI=1S/C13H21N3O/c1-15-7-9-16(10-8-15)13-6-4-3-5-12(13)11-14-17-2/h3-6,14H,7-11H2,1-2H3. The smallest absolute Gasteiger partial charge is 0.0572 e. The van der Waals surface area contributed by atoms with E-state index in [1.807, 2.05) is 0 Å². The summed E-state index contributed by atoms with van der Waals surface area (Å²) in [5.74, 6) is 0. The first-order valence-corrected chi connectivity index (χ1v) is 6.08. The minimum absolute atomic E-state index is 0.749. The molecule has 0 aromatic heterocycles. The van der Waals surface area contributed by atoms with E-state index in [1.54, 1.807) is 7.11 Å². The predicted octanol–water partition coefficient (Wildman–Crippen LogP) is 1.09. The number of hydrogen-bond donors (Lipinski definition) is 1. The van der Waals surface area contributed by atoms with E-state index in [-0.39, 0.29) is 0 Å². The Morgan fingerprint density at radius 1 is 1.18 bits per heavy atom. The van der Waals surface area contributed by atoms with Gasteiger partial charge in [0.2, 0.25) is 0 Å². The van der Waals surface area contributed by atoms with Crippen LogP contribution in [0.3, 0.4) is 0 Å². The fourth-order valence-corrected chi connectivity index (χ4v) is 2.17. The lowest BCUT2D eigenvalue weighted by atomic mass is 10.1. The Morgan fingerprint density at radius 2 is 1.88 bits per heavy atom. The minimum atomic E-state index is 0.749. The van der Waals surface area contributed by atoms with Crippen molar-refractivity contribution in [2.24, 2.45) is 0 Å². The van der Waals surface area contributed by atoms with Crippen LogP contribution in [-0.2, 0) is 11.4 Å². The van der Waals surface area contributed by atoms with Crippen LogP contribution in [0.5, 0.6) is 0 Å². The lowest BCUT2D eigenvalue weighted by Gasteiger charge is -2.35. The van der Waals surface area contributed by atoms with Crippen LogP contribution < -0.4 is 10.4 Å². The summed E-state index contributed by atoms with van der Waals surface area (Å²) in [5, 5.41) is 0. The Balaban J connectivity index is 2.08. The number of nitrogens with zero attached hydrogens (tertiary/aromatic N) is 2. The van der Waals surface area contributed by atoms with Crippen LogP contribution in [0, 0.1) is 0 Å². The van der Waals surface area contributed by atoms with E-state index in [0.717, 1.165) is 32.7 Å². The van der Waals surface area contributed by atoms with Crippen LogP contribution in [0.4, 0.5) is 5.69 Å². The zero-order chi connectivity index (χ0) is 12.1. The summed E-state index contributed by atoms with van der Waals surface area (Å²) in [6.07, 6.45) is 0. The summed E-state index contributed by atoms with van der Waals surface area (Å²) in [4.78, 5) is 9.75. The van der Waals surface area contributed by atoms with Crippen molar-refractivity contribution in [1.82, 2.24) is 10.4 Å². The van der Waals surface area contributed by atoms with Crippen LogP contribution in [0.2, 0.25) is 0 Å². The van der Waals surface area contributed by atoms with Crippen molar-refractivity contribution in [1.29, 1.82) is 0 Å². The summed E-state index contributed by atoms with van der Waals surface area (Å²) in [5.41, 5.74) is 5.53. The molecule has 0 bridgehead atoms. The van der Waals surface area contributed by atoms with Crippen molar-refractivity contribution in [2.45, 2.75) is 6.54 Å². The highest BCUT2D eigenvalue weighted by Crippen LogP contribution is 2.21. The predicted molar refractivity (Wildman–Crippen MR) is 70.0 cm³/mol. The van der Waals surface area contributed by atoms with E-state index in [2.05, 4.69) is 46.6 Å². The Hall–Kier alpha value is -1.10. The lowest BCUT2D eigenvalue weighted by molar-refractivity contribution is 0.0868. The number of benzene rings is 1.